The van der Waals surface area contributed by atoms with Crippen LogP contribution in [0.4, 0.5) is 5.69 Å². The lowest BCUT2D eigenvalue weighted by molar-refractivity contribution is -0.115. The Hall–Kier alpha value is -2.62. The zero-order chi connectivity index (χ0) is 14.8. The maximum absolute atomic E-state index is 12.1. The second-order valence-electron chi connectivity index (χ2n) is 5.07. The lowest BCUT2D eigenvalue weighted by Gasteiger charge is -2.07. The SMILES string of the molecule is Cc1nc2ccc(CC(=O)Nc3ccccc3C)cc2o1. The second kappa shape index (κ2) is 5.40. The first kappa shape index (κ1) is 13.4. The number of rotatable bonds is 3. The molecule has 3 rings (SSSR count). The number of oxazole rings is 1. The Labute approximate surface area is 122 Å². The zero-order valence-electron chi connectivity index (χ0n) is 12.0. The molecule has 106 valence electrons. The molecular formula is C17H16N2O2. The molecule has 0 aliphatic carbocycles. The summed E-state index contributed by atoms with van der Waals surface area (Å²) in [5.74, 6) is 0.589. The molecule has 1 heterocycles. The highest BCUT2D eigenvalue weighted by Gasteiger charge is 2.08. The van der Waals surface area contributed by atoms with Crippen LogP contribution in [0, 0.1) is 13.8 Å². The van der Waals surface area contributed by atoms with E-state index in [0.29, 0.717) is 17.9 Å². The van der Waals surface area contributed by atoms with Crippen molar-refractivity contribution in [2.24, 2.45) is 0 Å². The molecule has 0 bridgehead atoms. The van der Waals surface area contributed by atoms with E-state index >= 15 is 0 Å². The molecule has 0 aliphatic rings. The smallest absolute Gasteiger partial charge is 0.228 e. The number of hydrogen-bond donors (Lipinski definition) is 1. The minimum absolute atomic E-state index is 0.0418. The quantitative estimate of drug-likeness (QED) is 0.797. The lowest BCUT2D eigenvalue weighted by Crippen LogP contribution is -2.15. The van der Waals surface area contributed by atoms with Crippen LogP contribution in [0.2, 0.25) is 0 Å². The van der Waals surface area contributed by atoms with Gasteiger partial charge in [0.25, 0.3) is 0 Å². The van der Waals surface area contributed by atoms with E-state index < -0.39 is 0 Å². The fourth-order valence-corrected chi connectivity index (χ4v) is 2.29. The summed E-state index contributed by atoms with van der Waals surface area (Å²) in [6, 6.07) is 13.4. The highest BCUT2D eigenvalue weighted by atomic mass is 16.3. The first-order valence-electron chi connectivity index (χ1n) is 6.83. The molecule has 4 heteroatoms. The van der Waals surface area contributed by atoms with E-state index in [1.54, 1.807) is 0 Å². The Kier molecular flexibility index (Phi) is 3.44. The molecule has 4 nitrogen and oxygen atoms in total. The van der Waals surface area contributed by atoms with E-state index in [1.807, 2.05) is 56.3 Å². The predicted molar refractivity (Wildman–Crippen MR) is 82.3 cm³/mol. The number of aryl methyl sites for hydroxylation is 2. The summed E-state index contributed by atoms with van der Waals surface area (Å²) >= 11 is 0. The van der Waals surface area contributed by atoms with E-state index in [1.165, 1.54) is 0 Å². The Morgan fingerprint density at radius 2 is 2.00 bits per heavy atom. The maximum atomic E-state index is 12.1. The molecule has 0 atom stereocenters. The molecule has 0 radical (unpaired) electrons. The topological polar surface area (TPSA) is 55.1 Å². The fraction of sp³-hybridized carbons (Fsp3) is 0.176. The lowest BCUT2D eigenvalue weighted by atomic mass is 10.1. The van der Waals surface area contributed by atoms with Crippen LogP contribution < -0.4 is 5.32 Å². The van der Waals surface area contributed by atoms with Crippen LogP contribution in [0.3, 0.4) is 0 Å². The summed E-state index contributed by atoms with van der Waals surface area (Å²) in [6.07, 6.45) is 0.310. The van der Waals surface area contributed by atoms with Crippen molar-refractivity contribution in [3.8, 4) is 0 Å². The Balaban J connectivity index is 1.75. The Morgan fingerprint density at radius 1 is 1.19 bits per heavy atom. The molecule has 3 aromatic rings. The highest BCUT2D eigenvalue weighted by Crippen LogP contribution is 2.18. The van der Waals surface area contributed by atoms with Gasteiger partial charge in [0.1, 0.15) is 5.52 Å². The Morgan fingerprint density at radius 3 is 2.81 bits per heavy atom. The van der Waals surface area contributed by atoms with Gasteiger partial charge in [0, 0.05) is 12.6 Å². The van der Waals surface area contributed by atoms with Gasteiger partial charge in [0.15, 0.2) is 11.5 Å². The van der Waals surface area contributed by atoms with Gasteiger partial charge in [-0.25, -0.2) is 4.98 Å². The van der Waals surface area contributed by atoms with Crippen molar-refractivity contribution in [3.05, 3.63) is 59.5 Å². The van der Waals surface area contributed by atoms with Crippen LogP contribution in [0.15, 0.2) is 46.9 Å². The zero-order valence-corrected chi connectivity index (χ0v) is 12.0. The summed E-state index contributed by atoms with van der Waals surface area (Å²) in [5, 5.41) is 2.93. The van der Waals surface area contributed by atoms with Crippen molar-refractivity contribution < 1.29 is 9.21 Å². The van der Waals surface area contributed by atoms with Gasteiger partial charge >= 0.3 is 0 Å². The van der Waals surface area contributed by atoms with Gasteiger partial charge in [-0.2, -0.15) is 0 Å². The third kappa shape index (κ3) is 2.94. The number of benzene rings is 2. The van der Waals surface area contributed by atoms with Gasteiger partial charge in [-0.1, -0.05) is 24.3 Å². The van der Waals surface area contributed by atoms with Crippen LogP contribution in [0.25, 0.3) is 11.1 Å². The minimum Gasteiger partial charge on any atom is -0.441 e. The van der Waals surface area contributed by atoms with Gasteiger partial charge < -0.3 is 9.73 Å². The van der Waals surface area contributed by atoms with Crippen LogP contribution in [0.1, 0.15) is 17.0 Å². The van der Waals surface area contributed by atoms with Crippen LogP contribution in [-0.4, -0.2) is 10.9 Å². The van der Waals surface area contributed by atoms with Gasteiger partial charge in [-0.3, -0.25) is 4.79 Å². The summed E-state index contributed by atoms with van der Waals surface area (Å²) < 4.78 is 5.48. The molecule has 0 saturated heterocycles. The normalized spacial score (nSPS) is 10.8. The van der Waals surface area contributed by atoms with E-state index in [9.17, 15) is 4.79 Å². The van der Waals surface area contributed by atoms with Crippen LogP contribution in [0.5, 0.6) is 0 Å². The number of fused-ring (bicyclic) bond motifs is 1. The third-order valence-electron chi connectivity index (χ3n) is 3.34. The molecule has 0 aliphatic heterocycles. The molecule has 0 spiro atoms. The van der Waals surface area contributed by atoms with E-state index in [0.717, 1.165) is 22.3 Å². The first-order valence-corrected chi connectivity index (χ1v) is 6.83. The van der Waals surface area contributed by atoms with E-state index in [-0.39, 0.29) is 5.91 Å². The summed E-state index contributed by atoms with van der Waals surface area (Å²) in [4.78, 5) is 16.4. The van der Waals surface area contributed by atoms with Crippen LogP contribution >= 0.6 is 0 Å². The molecule has 2 aromatic carbocycles. The van der Waals surface area contributed by atoms with Crippen LogP contribution in [-0.2, 0) is 11.2 Å². The van der Waals surface area contributed by atoms with Gasteiger partial charge in [-0.05, 0) is 36.2 Å². The second-order valence-corrected chi connectivity index (χ2v) is 5.07. The average molecular weight is 280 g/mol. The standard InChI is InChI=1S/C17H16N2O2/c1-11-5-3-4-6-14(11)19-17(20)10-13-7-8-15-16(9-13)21-12(2)18-15/h3-9H,10H2,1-2H3,(H,19,20). The summed E-state index contributed by atoms with van der Waals surface area (Å²) in [5.41, 5.74) is 4.33. The van der Waals surface area contributed by atoms with Gasteiger partial charge in [0.2, 0.25) is 5.91 Å². The van der Waals surface area contributed by atoms with Crippen molar-refractivity contribution in [1.29, 1.82) is 0 Å². The van der Waals surface area contributed by atoms with Crippen molar-refractivity contribution in [3.63, 3.8) is 0 Å². The number of para-hydroxylation sites is 1. The number of nitrogens with zero attached hydrogens (tertiary/aromatic N) is 1. The summed E-state index contributed by atoms with van der Waals surface area (Å²) in [6.45, 7) is 3.78. The Bertz CT molecular complexity index is 805. The van der Waals surface area contributed by atoms with Crippen molar-refractivity contribution in [2.75, 3.05) is 5.32 Å². The van der Waals surface area contributed by atoms with Gasteiger partial charge in [0.05, 0.1) is 6.42 Å². The van der Waals surface area contributed by atoms with Crippen molar-refractivity contribution in [2.45, 2.75) is 20.3 Å². The maximum Gasteiger partial charge on any atom is 0.228 e. The number of nitrogens with one attached hydrogen (secondary N) is 1. The van der Waals surface area contributed by atoms with E-state index in [2.05, 4.69) is 10.3 Å². The number of amides is 1. The molecule has 0 fully saturated rings. The molecule has 1 aromatic heterocycles. The number of aromatic nitrogens is 1. The van der Waals surface area contributed by atoms with Crippen molar-refractivity contribution >= 4 is 22.7 Å². The number of anilines is 1. The molecule has 21 heavy (non-hydrogen) atoms. The molecular weight excluding hydrogens is 264 g/mol. The molecule has 0 unspecified atom stereocenters. The average Bonchev–Trinajstić information content (AvgIpc) is 2.80. The summed E-state index contributed by atoms with van der Waals surface area (Å²) in [7, 11) is 0. The number of carbonyl (C=O) groups is 1. The number of carbonyl (C=O) groups excluding carboxylic acids is 1. The minimum atomic E-state index is -0.0418. The van der Waals surface area contributed by atoms with E-state index in [4.69, 9.17) is 4.42 Å². The first-order chi connectivity index (χ1) is 10.1. The third-order valence-corrected chi connectivity index (χ3v) is 3.34. The fourth-order valence-electron chi connectivity index (χ4n) is 2.29. The molecule has 0 saturated carbocycles. The van der Waals surface area contributed by atoms with Crippen molar-refractivity contribution in [1.82, 2.24) is 4.98 Å². The molecule has 1 N–H and O–H groups in total. The highest BCUT2D eigenvalue weighted by molar-refractivity contribution is 5.93. The monoisotopic (exact) mass is 280 g/mol. The largest absolute Gasteiger partial charge is 0.441 e. The predicted octanol–water partition coefficient (Wildman–Crippen LogP) is 3.63. The number of hydrogen-bond acceptors (Lipinski definition) is 3. The van der Waals surface area contributed by atoms with Gasteiger partial charge in [-0.15, -0.1) is 0 Å². The molecule has 1 amide bonds.